The first-order chi connectivity index (χ1) is 16.1. The summed E-state index contributed by atoms with van der Waals surface area (Å²) < 4.78 is 4.31. The van der Waals surface area contributed by atoms with Crippen LogP contribution in [0.4, 0.5) is 0 Å². The minimum atomic E-state index is -0.0123. The quantitative estimate of drug-likeness (QED) is 0.158. The highest BCUT2D eigenvalue weighted by atomic mass is 127. The van der Waals surface area contributed by atoms with Crippen LogP contribution in [-0.4, -0.2) is 24.1 Å². The molecule has 1 aromatic carbocycles. The van der Waals surface area contributed by atoms with E-state index in [4.69, 9.17) is 15.2 Å². The van der Waals surface area contributed by atoms with Crippen LogP contribution in [-0.2, 0) is 17.3 Å². The van der Waals surface area contributed by atoms with Crippen LogP contribution in [0, 0.1) is 0 Å². The number of halogens is 2. The number of rotatable bonds is 4. The first-order valence-corrected chi connectivity index (χ1v) is 19.6. The van der Waals surface area contributed by atoms with Gasteiger partial charge in [0.15, 0.2) is 0 Å². The Hall–Kier alpha value is -0.630. The number of nitrogens with zero attached hydrogens (tertiary/aromatic N) is 5. The molecule has 0 spiro atoms. The van der Waals surface area contributed by atoms with E-state index in [1.54, 1.807) is 0 Å². The molecule has 0 amide bonds. The molecule has 3 aromatic heterocycles. The number of pyridine rings is 1. The largest absolute Gasteiger partial charge is 0.244 e. The molecule has 0 saturated carbocycles. The van der Waals surface area contributed by atoms with Crippen LogP contribution < -0.4 is 0 Å². The van der Waals surface area contributed by atoms with E-state index in [2.05, 4.69) is 124 Å². The average molecular weight is 715 g/mol. The van der Waals surface area contributed by atoms with Crippen molar-refractivity contribution in [2.24, 2.45) is 0 Å². The van der Waals surface area contributed by atoms with Crippen LogP contribution in [0.5, 0.6) is 0 Å². The maximum absolute atomic E-state index is 5.36. The summed E-state index contributed by atoms with van der Waals surface area (Å²) in [4.78, 5) is 5.36. The molecule has 2 unspecified atom stereocenters. The van der Waals surface area contributed by atoms with Gasteiger partial charge in [-0.3, -0.25) is 0 Å². The predicted octanol–water partition coefficient (Wildman–Crippen LogP) is 8.46. The van der Waals surface area contributed by atoms with E-state index >= 15 is 0 Å². The van der Waals surface area contributed by atoms with Crippen molar-refractivity contribution >= 4 is 67.6 Å². The fourth-order valence-corrected chi connectivity index (χ4v) is 7.90. The van der Waals surface area contributed by atoms with Gasteiger partial charge in [0.1, 0.15) is 0 Å². The van der Waals surface area contributed by atoms with Gasteiger partial charge in [0.25, 0.3) is 0 Å². The monoisotopic (exact) mass is 715 g/mol. The van der Waals surface area contributed by atoms with Crippen LogP contribution in [0.25, 0.3) is 33.5 Å². The van der Waals surface area contributed by atoms with Gasteiger partial charge in [0.2, 0.25) is 0 Å². The van der Waals surface area contributed by atoms with Crippen molar-refractivity contribution in [3.8, 4) is 22.8 Å². The first-order valence-electron chi connectivity index (χ1n) is 11.5. The van der Waals surface area contributed by atoms with Gasteiger partial charge in [0.05, 0.1) is 46.9 Å². The average Bonchev–Trinajstić information content (AvgIpc) is 3.40. The lowest BCUT2D eigenvalue weighted by Crippen LogP contribution is -2.23. The molecule has 0 N–H and O–H groups in total. The minimum absolute atomic E-state index is 0.0123. The van der Waals surface area contributed by atoms with Crippen LogP contribution in [0.15, 0.2) is 36.4 Å². The van der Waals surface area contributed by atoms with Gasteiger partial charge in [-0.1, -0.05) is 58.9 Å². The zero-order valence-corrected chi connectivity index (χ0v) is 26.4. The van der Waals surface area contributed by atoms with Gasteiger partial charge in [-0.25, -0.2) is 13.9 Å². The molecule has 5 nitrogen and oxygen atoms in total. The Morgan fingerprint density at radius 3 is 2.44 bits per heavy atom. The van der Waals surface area contributed by atoms with Crippen LogP contribution in [0.2, 0.25) is 0 Å². The smallest absolute Gasteiger partial charge is 0.0976 e. The molecule has 0 bridgehead atoms. The van der Waals surface area contributed by atoms with E-state index in [0.29, 0.717) is 12.7 Å². The Morgan fingerprint density at radius 1 is 1.00 bits per heavy atom. The summed E-state index contributed by atoms with van der Waals surface area (Å²) in [6.07, 6.45) is 4.48. The Labute approximate surface area is 230 Å². The number of benzene rings is 1. The molecule has 1 aliphatic carbocycles. The normalized spacial score (nSPS) is 16.3. The number of hydrogen-bond acceptors (Lipinski definition) is 3. The van der Waals surface area contributed by atoms with E-state index < -0.39 is 0 Å². The fraction of sp³-hybridized carbons (Fsp3) is 0.400. The van der Waals surface area contributed by atoms with Crippen LogP contribution in [0.1, 0.15) is 64.4 Å². The Kier molecular flexibility index (Phi) is 6.89. The summed E-state index contributed by atoms with van der Waals surface area (Å²) in [6, 6.07) is 13.1. The molecule has 3 heterocycles. The molecule has 2 atom stereocenters. The summed E-state index contributed by atoms with van der Waals surface area (Å²) in [5.74, 6) is 0. The van der Waals surface area contributed by atoms with Gasteiger partial charge in [0, 0.05) is 21.8 Å². The van der Waals surface area contributed by atoms with Gasteiger partial charge in [-0.2, -0.15) is 10.2 Å². The Bertz CT molecular complexity index is 1380. The molecular formula is C25H29I2N5P2. The molecule has 0 radical (unpaired) electrons. The number of hydrogen-bond donors (Lipinski definition) is 0. The molecule has 178 valence electrons. The molecule has 4 aromatic rings. The number of fused-ring (bicyclic) bond motifs is 2. The summed E-state index contributed by atoms with van der Waals surface area (Å²) in [6.45, 7) is 11.3. The van der Waals surface area contributed by atoms with Gasteiger partial charge < -0.3 is 0 Å². The Morgan fingerprint density at radius 2 is 1.74 bits per heavy atom. The van der Waals surface area contributed by atoms with Gasteiger partial charge in [-0.15, -0.1) is 0 Å². The van der Waals surface area contributed by atoms with Gasteiger partial charge in [-0.05, 0) is 80.9 Å². The number of aromatic nitrogens is 5. The summed E-state index contributed by atoms with van der Waals surface area (Å²) in [7, 11) is 0. The van der Waals surface area contributed by atoms with Crippen LogP contribution >= 0.6 is 56.8 Å². The fourth-order valence-electron chi connectivity index (χ4n) is 4.87. The van der Waals surface area contributed by atoms with Gasteiger partial charge >= 0.3 is 0 Å². The molecule has 0 aliphatic heterocycles. The zero-order valence-electron chi connectivity index (χ0n) is 20.1. The molecule has 0 fully saturated rings. The molecule has 9 heteroatoms. The third-order valence-electron chi connectivity index (χ3n) is 6.72. The maximum atomic E-state index is 5.36. The molecular weight excluding hydrogens is 686 g/mol. The van der Waals surface area contributed by atoms with Crippen molar-refractivity contribution in [2.75, 3.05) is 0 Å². The highest BCUT2D eigenvalue weighted by Crippen LogP contribution is 2.45. The lowest BCUT2D eigenvalue weighted by Gasteiger charge is -2.28. The van der Waals surface area contributed by atoms with Crippen molar-refractivity contribution in [2.45, 2.75) is 64.7 Å². The minimum Gasteiger partial charge on any atom is -0.244 e. The third kappa shape index (κ3) is 4.37. The second kappa shape index (κ2) is 9.35. The highest BCUT2D eigenvalue weighted by Gasteiger charge is 2.35. The van der Waals surface area contributed by atoms with E-state index in [-0.39, 0.29) is 10.8 Å². The lowest BCUT2D eigenvalue weighted by atomic mass is 9.76. The first kappa shape index (κ1) is 25.0. The van der Waals surface area contributed by atoms with E-state index in [1.165, 1.54) is 40.6 Å². The highest BCUT2D eigenvalue weighted by molar-refractivity contribution is 14.2. The summed E-state index contributed by atoms with van der Waals surface area (Å²) in [5.41, 5.74) is 8.13. The van der Waals surface area contributed by atoms with Crippen molar-refractivity contribution in [1.82, 2.24) is 24.1 Å². The second-order valence-corrected chi connectivity index (χ2v) is 14.7. The van der Waals surface area contributed by atoms with Crippen molar-refractivity contribution in [3.63, 3.8) is 0 Å². The lowest BCUT2D eigenvalue weighted by molar-refractivity contribution is 0.420. The molecule has 1 aliphatic rings. The predicted molar refractivity (Wildman–Crippen MR) is 164 cm³/mol. The van der Waals surface area contributed by atoms with E-state index in [1.807, 2.05) is 0 Å². The standard InChI is InChI=1S/C25H29I2N5P2/c1-24(2,3)20-14-19(31(29-20)33-26)18-13-15-9-6-7-10-16(15)21(28-18)22-17-11-8-12-25(4,5)23(17)30-32(22)34-27/h6-7,9-10,13-14,33-34H,8,11-12H2,1-5H3. The maximum Gasteiger partial charge on any atom is 0.0976 e. The van der Waals surface area contributed by atoms with Crippen LogP contribution in [0.3, 0.4) is 0 Å². The summed E-state index contributed by atoms with van der Waals surface area (Å²) >= 11 is 4.87. The zero-order chi connectivity index (χ0) is 24.3. The molecule has 5 rings (SSSR count). The van der Waals surface area contributed by atoms with E-state index in [0.717, 1.165) is 29.2 Å². The third-order valence-corrected chi connectivity index (χ3v) is 10.4. The summed E-state index contributed by atoms with van der Waals surface area (Å²) in [5, 5.41) is 12.5. The van der Waals surface area contributed by atoms with Crippen molar-refractivity contribution in [1.29, 1.82) is 0 Å². The Balaban J connectivity index is 1.80. The van der Waals surface area contributed by atoms with Crippen molar-refractivity contribution in [3.05, 3.63) is 53.3 Å². The topological polar surface area (TPSA) is 48.5 Å². The van der Waals surface area contributed by atoms with E-state index in [9.17, 15) is 0 Å². The molecule has 0 saturated heterocycles. The molecule has 34 heavy (non-hydrogen) atoms. The van der Waals surface area contributed by atoms with Crippen molar-refractivity contribution < 1.29 is 0 Å². The SMILES string of the molecule is CC(C)(C)c1cc(-c2cc3ccccc3c(-c3c4c(nn3PI)C(C)(C)CCC4)n2)n(PI)n1. The second-order valence-electron chi connectivity index (χ2n) is 10.6.